The third-order valence-corrected chi connectivity index (χ3v) is 2.90. The average Bonchev–Trinajstić information content (AvgIpc) is 2.88. The fraction of sp³-hybridized carbons (Fsp3) is 0.286. The molecule has 1 aromatic carbocycles. The fourth-order valence-electron chi connectivity index (χ4n) is 1.77. The second kappa shape index (κ2) is 6.27. The highest BCUT2D eigenvalue weighted by Gasteiger charge is 2.07. The number of nitrogens with zero attached hydrogens (tertiary/aromatic N) is 1. The SMILES string of the molecule is CCc1cc(NC(=O)CCc2ccc(F)c(F)c2)n[nH]1. The van der Waals surface area contributed by atoms with Crippen molar-refractivity contribution in [2.24, 2.45) is 0 Å². The van der Waals surface area contributed by atoms with Gasteiger partial charge < -0.3 is 5.32 Å². The van der Waals surface area contributed by atoms with Gasteiger partial charge in [0.15, 0.2) is 17.5 Å². The van der Waals surface area contributed by atoms with Crippen molar-refractivity contribution < 1.29 is 13.6 Å². The van der Waals surface area contributed by atoms with Gasteiger partial charge in [-0.1, -0.05) is 13.0 Å². The van der Waals surface area contributed by atoms with Gasteiger partial charge in [0.25, 0.3) is 0 Å². The molecule has 4 nitrogen and oxygen atoms in total. The second-order valence-electron chi connectivity index (χ2n) is 4.43. The maximum Gasteiger partial charge on any atom is 0.225 e. The van der Waals surface area contributed by atoms with E-state index < -0.39 is 11.6 Å². The van der Waals surface area contributed by atoms with Gasteiger partial charge in [0.05, 0.1) is 0 Å². The predicted octanol–water partition coefficient (Wildman–Crippen LogP) is 2.82. The first-order valence-corrected chi connectivity index (χ1v) is 6.36. The summed E-state index contributed by atoms with van der Waals surface area (Å²) in [7, 11) is 0. The maximum atomic E-state index is 13.0. The van der Waals surface area contributed by atoms with Crippen LogP contribution in [-0.2, 0) is 17.6 Å². The zero-order valence-electron chi connectivity index (χ0n) is 11.0. The number of aromatic nitrogens is 2. The Morgan fingerprint density at radius 3 is 2.75 bits per heavy atom. The number of amides is 1. The third kappa shape index (κ3) is 3.63. The Bertz CT molecular complexity index is 610. The van der Waals surface area contributed by atoms with Gasteiger partial charge in [-0.25, -0.2) is 8.78 Å². The molecule has 0 unspecified atom stereocenters. The van der Waals surface area contributed by atoms with Gasteiger partial charge in [0, 0.05) is 18.2 Å². The number of anilines is 1. The van der Waals surface area contributed by atoms with E-state index in [1.165, 1.54) is 6.07 Å². The van der Waals surface area contributed by atoms with Crippen molar-refractivity contribution in [3.05, 3.63) is 47.2 Å². The molecule has 2 rings (SSSR count). The highest BCUT2D eigenvalue weighted by molar-refractivity contribution is 5.89. The first kappa shape index (κ1) is 14.2. The number of hydrogen-bond acceptors (Lipinski definition) is 2. The van der Waals surface area contributed by atoms with E-state index in [0.717, 1.165) is 24.2 Å². The second-order valence-corrected chi connectivity index (χ2v) is 4.43. The van der Waals surface area contributed by atoms with Crippen LogP contribution in [0.15, 0.2) is 24.3 Å². The Morgan fingerprint density at radius 2 is 2.10 bits per heavy atom. The minimum absolute atomic E-state index is 0.180. The van der Waals surface area contributed by atoms with E-state index in [4.69, 9.17) is 0 Å². The summed E-state index contributed by atoms with van der Waals surface area (Å²) in [6.07, 6.45) is 1.32. The lowest BCUT2D eigenvalue weighted by atomic mass is 10.1. The largest absolute Gasteiger partial charge is 0.309 e. The van der Waals surface area contributed by atoms with Crippen molar-refractivity contribution in [2.75, 3.05) is 5.32 Å². The van der Waals surface area contributed by atoms with E-state index >= 15 is 0 Å². The third-order valence-electron chi connectivity index (χ3n) is 2.90. The maximum absolute atomic E-state index is 13.0. The van der Waals surface area contributed by atoms with Gasteiger partial charge in [-0.15, -0.1) is 0 Å². The number of benzene rings is 1. The summed E-state index contributed by atoms with van der Waals surface area (Å²) in [5.74, 6) is -1.54. The zero-order valence-corrected chi connectivity index (χ0v) is 11.0. The molecule has 6 heteroatoms. The summed E-state index contributed by atoms with van der Waals surface area (Å²) >= 11 is 0. The summed E-state index contributed by atoms with van der Waals surface area (Å²) in [6.45, 7) is 1.97. The van der Waals surface area contributed by atoms with Crippen LogP contribution in [0.1, 0.15) is 24.6 Å². The van der Waals surface area contributed by atoms with Gasteiger partial charge >= 0.3 is 0 Å². The van der Waals surface area contributed by atoms with E-state index in [-0.39, 0.29) is 12.3 Å². The molecule has 106 valence electrons. The van der Waals surface area contributed by atoms with E-state index in [9.17, 15) is 13.6 Å². The summed E-state index contributed by atoms with van der Waals surface area (Å²) in [5.41, 5.74) is 1.51. The van der Waals surface area contributed by atoms with Crippen LogP contribution >= 0.6 is 0 Å². The normalized spacial score (nSPS) is 10.6. The van der Waals surface area contributed by atoms with Crippen molar-refractivity contribution in [1.82, 2.24) is 10.2 Å². The average molecular weight is 279 g/mol. The standard InChI is InChI=1S/C14H15F2N3O/c1-2-10-8-13(19-18-10)17-14(20)6-4-9-3-5-11(15)12(16)7-9/h3,5,7-8H,2,4,6H2,1H3,(H2,17,18,19,20). The molecule has 0 saturated heterocycles. The monoisotopic (exact) mass is 279 g/mol. The number of rotatable bonds is 5. The Balaban J connectivity index is 1.87. The van der Waals surface area contributed by atoms with Crippen LogP contribution in [0.4, 0.5) is 14.6 Å². The molecule has 1 aromatic heterocycles. The summed E-state index contributed by atoms with van der Waals surface area (Å²) < 4.78 is 25.8. The fourth-order valence-corrected chi connectivity index (χ4v) is 1.77. The molecule has 0 atom stereocenters. The molecule has 2 aromatic rings. The Hall–Kier alpha value is -2.24. The van der Waals surface area contributed by atoms with Gasteiger partial charge in [-0.3, -0.25) is 9.89 Å². The molecule has 0 fully saturated rings. The molecule has 1 amide bonds. The molecule has 1 heterocycles. The molecule has 2 N–H and O–H groups in total. The molecule has 0 saturated carbocycles. The van der Waals surface area contributed by atoms with Gasteiger partial charge in [-0.2, -0.15) is 5.10 Å². The van der Waals surface area contributed by atoms with Gasteiger partial charge in [0.2, 0.25) is 5.91 Å². The van der Waals surface area contributed by atoms with Gasteiger partial charge in [-0.05, 0) is 30.5 Å². The van der Waals surface area contributed by atoms with E-state index in [1.54, 1.807) is 6.07 Å². The lowest BCUT2D eigenvalue weighted by Crippen LogP contribution is -2.12. The zero-order chi connectivity index (χ0) is 14.5. The van der Waals surface area contributed by atoms with Crippen molar-refractivity contribution in [1.29, 1.82) is 0 Å². The molecular formula is C14H15F2N3O. The van der Waals surface area contributed by atoms with Gasteiger partial charge in [0.1, 0.15) is 0 Å². The first-order valence-electron chi connectivity index (χ1n) is 6.36. The minimum Gasteiger partial charge on any atom is -0.309 e. The Morgan fingerprint density at radius 1 is 1.30 bits per heavy atom. The lowest BCUT2D eigenvalue weighted by molar-refractivity contribution is -0.116. The van der Waals surface area contributed by atoms with E-state index in [2.05, 4.69) is 15.5 Å². The Kier molecular flexibility index (Phi) is 4.45. The summed E-state index contributed by atoms with van der Waals surface area (Å²) in [5, 5.41) is 9.38. The molecule has 0 aliphatic heterocycles. The number of carbonyl (C=O) groups excluding carboxylic acids is 1. The molecule has 20 heavy (non-hydrogen) atoms. The number of aromatic amines is 1. The molecule has 0 spiro atoms. The first-order chi connectivity index (χ1) is 9.58. The molecule has 0 aliphatic rings. The van der Waals surface area contributed by atoms with E-state index in [0.29, 0.717) is 17.8 Å². The van der Waals surface area contributed by atoms with Crippen LogP contribution in [0.5, 0.6) is 0 Å². The Labute approximate surface area is 115 Å². The van der Waals surface area contributed by atoms with Crippen LogP contribution in [0.3, 0.4) is 0 Å². The minimum atomic E-state index is -0.900. The predicted molar refractivity (Wildman–Crippen MR) is 71.3 cm³/mol. The number of carbonyl (C=O) groups is 1. The highest BCUT2D eigenvalue weighted by atomic mass is 19.2. The summed E-state index contributed by atoms with van der Waals surface area (Å²) in [6, 6.07) is 5.39. The molecule has 0 aliphatic carbocycles. The number of aryl methyl sites for hydroxylation is 2. The molecule has 0 radical (unpaired) electrons. The topological polar surface area (TPSA) is 57.8 Å². The van der Waals surface area contributed by atoms with Crippen molar-refractivity contribution >= 4 is 11.7 Å². The summed E-state index contributed by atoms with van der Waals surface area (Å²) in [4.78, 5) is 11.7. The number of nitrogens with one attached hydrogen (secondary N) is 2. The van der Waals surface area contributed by atoms with Crippen molar-refractivity contribution in [3.8, 4) is 0 Å². The van der Waals surface area contributed by atoms with Crippen LogP contribution in [-0.4, -0.2) is 16.1 Å². The quantitative estimate of drug-likeness (QED) is 0.884. The van der Waals surface area contributed by atoms with Crippen LogP contribution in [0.25, 0.3) is 0 Å². The highest BCUT2D eigenvalue weighted by Crippen LogP contribution is 2.11. The van der Waals surface area contributed by atoms with Crippen LogP contribution in [0, 0.1) is 11.6 Å². The molecular weight excluding hydrogens is 264 g/mol. The van der Waals surface area contributed by atoms with Crippen LogP contribution < -0.4 is 5.32 Å². The number of halogens is 2. The number of H-pyrrole nitrogens is 1. The lowest BCUT2D eigenvalue weighted by Gasteiger charge is -2.03. The molecule has 0 bridgehead atoms. The van der Waals surface area contributed by atoms with Crippen molar-refractivity contribution in [3.63, 3.8) is 0 Å². The van der Waals surface area contributed by atoms with Crippen molar-refractivity contribution in [2.45, 2.75) is 26.2 Å². The number of hydrogen-bond donors (Lipinski definition) is 2. The van der Waals surface area contributed by atoms with Crippen LogP contribution in [0.2, 0.25) is 0 Å². The smallest absolute Gasteiger partial charge is 0.225 e. The van der Waals surface area contributed by atoms with E-state index in [1.807, 2.05) is 6.92 Å².